The van der Waals surface area contributed by atoms with E-state index in [0.29, 0.717) is 32.5 Å². The van der Waals surface area contributed by atoms with Crippen LogP contribution in [0.1, 0.15) is 18.4 Å². The van der Waals surface area contributed by atoms with E-state index in [-0.39, 0.29) is 5.02 Å². The van der Waals surface area contributed by atoms with Crippen molar-refractivity contribution in [3.63, 3.8) is 0 Å². The number of aliphatic hydroxyl groups is 1. The van der Waals surface area contributed by atoms with Gasteiger partial charge in [0.15, 0.2) is 0 Å². The fraction of sp³-hybridized carbons (Fsp3) is 0.571. The molecule has 1 aliphatic heterocycles. The second-order valence-corrected chi connectivity index (χ2v) is 5.26. The van der Waals surface area contributed by atoms with Gasteiger partial charge in [0, 0.05) is 39.6 Å². The van der Waals surface area contributed by atoms with E-state index in [1.165, 1.54) is 6.07 Å². The van der Waals surface area contributed by atoms with E-state index in [9.17, 15) is 9.50 Å². The summed E-state index contributed by atoms with van der Waals surface area (Å²) in [5.74, 6) is -0.451. The Bertz CT molecular complexity index is 433. The number of ether oxygens (including phenoxy) is 2. The molecule has 0 amide bonds. The summed E-state index contributed by atoms with van der Waals surface area (Å²) in [6, 6.07) is 4.49. The van der Waals surface area contributed by atoms with E-state index < -0.39 is 17.5 Å². The van der Waals surface area contributed by atoms with E-state index in [2.05, 4.69) is 0 Å². The molecule has 3 nitrogen and oxygen atoms in total. The predicted octanol–water partition coefficient (Wildman–Crippen LogP) is 2.58. The zero-order chi connectivity index (χ0) is 13.9. The summed E-state index contributed by atoms with van der Waals surface area (Å²) in [5, 5.41) is 10.5. The molecular formula is C14H18ClFO3. The molecule has 106 valence electrons. The Morgan fingerprint density at radius 3 is 2.74 bits per heavy atom. The van der Waals surface area contributed by atoms with Gasteiger partial charge in [0.05, 0.1) is 16.7 Å². The monoisotopic (exact) mass is 288 g/mol. The van der Waals surface area contributed by atoms with Crippen LogP contribution in [0.3, 0.4) is 0 Å². The van der Waals surface area contributed by atoms with Gasteiger partial charge in [-0.1, -0.05) is 17.7 Å². The first-order valence-electron chi connectivity index (χ1n) is 6.32. The quantitative estimate of drug-likeness (QED) is 0.925. The fourth-order valence-corrected chi connectivity index (χ4v) is 2.67. The lowest BCUT2D eigenvalue weighted by Gasteiger charge is -2.39. The Kier molecular flexibility index (Phi) is 4.79. The standard InChI is InChI=1S/C14H18ClFO3/c1-18-14(4-6-19-7-5-14)13(17)9-10-2-3-12(16)11(15)8-10/h2-3,8,13,17H,4-7,9H2,1H3. The molecule has 1 aromatic rings. The molecule has 0 aliphatic carbocycles. The van der Waals surface area contributed by atoms with Crippen LogP contribution in [0.25, 0.3) is 0 Å². The lowest BCUT2D eigenvalue weighted by atomic mass is 9.84. The molecule has 1 aliphatic rings. The number of aliphatic hydroxyl groups excluding tert-OH is 1. The highest BCUT2D eigenvalue weighted by molar-refractivity contribution is 6.30. The van der Waals surface area contributed by atoms with E-state index >= 15 is 0 Å². The molecule has 2 rings (SSSR count). The Hall–Kier alpha value is -0.680. The molecule has 0 saturated carbocycles. The molecule has 0 aromatic heterocycles. The molecule has 0 spiro atoms. The first kappa shape index (κ1) is 14.7. The predicted molar refractivity (Wildman–Crippen MR) is 70.9 cm³/mol. The average Bonchev–Trinajstić information content (AvgIpc) is 2.43. The molecule has 1 N–H and O–H groups in total. The van der Waals surface area contributed by atoms with E-state index in [4.69, 9.17) is 21.1 Å². The fourth-order valence-electron chi connectivity index (χ4n) is 2.47. The van der Waals surface area contributed by atoms with Crippen LogP contribution >= 0.6 is 11.6 Å². The minimum absolute atomic E-state index is 0.0724. The van der Waals surface area contributed by atoms with Gasteiger partial charge in [-0.2, -0.15) is 0 Å². The van der Waals surface area contributed by atoms with Crippen molar-refractivity contribution in [1.29, 1.82) is 0 Å². The van der Waals surface area contributed by atoms with Crippen LogP contribution in [0, 0.1) is 5.82 Å². The maximum absolute atomic E-state index is 13.1. The summed E-state index contributed by atoms with van der Waals surface area (Å²) in [7, 11) is 1.60. The first-order chi connectivity index (χ1) is 9.07. The molecule has 1 heterocycles. The number of hydrogen-bond donors (Lipinski definition) is 1. The molecule has 0 radical (unpaired) electrons. The SMILES string of the molecule is COC1(C(O)Cc2ccc(F)c(Cl)c2)CCOCC1. The van der Waals surface area contributed by atoms with Crippen LogP contribution in [-0.4, -0.2) is 37.1 Å². The topological polar surface area (TPSA) is 38.7 Å². The van der Waals surface area contributed by atoms with Crippen LogP contribution < -0.4 is 0 Å². The lowest BCUT2D eigenvalue weighted by Crippen LogP contribution is -2.49. The molecule has 5 heteroatoms. The first-order valence-corrected chi connectivity index (χ1v) is 6.70. The summed E-state index contributed by atoms with van der Waals surface area (Å²) in [6.07, 6.45) is 1.02. The molecule has 1 fully saturated rings. The number of benzene rings is 1. The van der Waals surface area contributed by atoms with Gasteiger partial charge >= 0.3 is 0 Å². The van der Waals surface area contributed by atoms with Gasteiger partial charge in [0.25, 0.3) is 0 Å². The van der Waals surface area contributed by atoms with E-state index in [0.717, 1.165) is 5.56 Å². The average molecular weight is 289 g/mol. The van der Waals surface area contributed by atoms with Gasteiger partial charge in [-0.05, 0) is 17.7 Å². The van der Waals surface area contributed by atoms with E-state index in [1.807, 2.05) is 0 Å². The minimum Gasteiger partial charge on any atom is -0.390 e. The van der Waals surface area contributed by atoms with E-state index in [1.54, 1.807) is 19.2 Å². The minimum atomic E-state index is -0.664. The van der Waals surface area contributed by atoms with Crippen LogP contribution in [0.4, 0.5) is 4.39 Å². The van der Waals surface area contributed by atoms with Crippen LogP contribution in [0.5, 0.6) is 0 Å². The smallest absolute Gasteiger partial charge is 0.141 e. The summed E-state index contributed by atoms with van der Waals surface area (Å²) < 4.78 is 23.9. The lowest BCUT2D eigenvalue weighted by molar-refractivity contribution is -0.151. The second kappa shape index (κ2) is 6.18. The molecular weight excluding hydrogens is 271 g/mol. The molecule has 19 heavy (non-hydrogen) atoms. The van der Waals surface area contributed by atoms with Gasteiger partial charge in [-0.25, -0.2) is 4.39 Å². The third kappa shape index (κ3) is 3.26. The van der Waals surface area contributed by atoms with Crippen molar-refractivity contribution in [3.05, 3.63) is 34.6 Å². The highest BCUT2D eigenvalue weighted by Crippen LogP contribution is 2.30. The van der Waals surface area contributed by atoms with Gasteiger partial charge in [0.1, 0.15) is 5.82 Å². The Morgan fingerprint density at radius 1 is 1.47 bits per heavy atom. The van der Waals surface area contributed by atoms with Crippen molar-refractivity contribution >= 4 is 11.6 Å². The maximum Gasteiger partial charge on any atom is 0.141 e. The molecule has 1 atom stereocenters. The van der Waals surface area contributed by atoms with Crippen LogP contribution in [0.2, 0.25) is 5.02 Å². The maximum atomic E-state index is 13.1. The Morgan fingerprint density at radius 2 is 2.16 bits per heavy atom. The Labute approximate surface area is 117 Å². The largest absolute Gasteiger partial charge is 0.390 e. The van der Waals surface area contributed by atoms with Crippen LogP contribution in [0.15, 0.2) is 18.2 Å². The van der Waals surface area contributed by atoms with Crippen molar-refractivity contribution in [2.75, 3.05) is 20.3 Å². The number of rotatable bonds is 4. The highest BCUT2D eigenvalue weighted by atomic mass is 35.5. The zero-order valence-electron chi connectivity index (χ0n) is 10.9. The summed E-state index contributed by atoms with van der Waals surface area (Å²) >= 11 is 5.74. The summed E-state index contributed by atoms with van der Waals surface area (Å²) in [5.41, 5.74) is 0.209. The van der Waals surface area contributed by atoms with Gasteiger partial charge in [0.2, 0.25) is 0 Å². The Balaban J connectivity index is 2.10. The van der Waals surface area contributed by atoms with Gasteiger partial charge in [-0.15, -0.1) is 0 Å². The molecule has 0 bridgehead atoms. The zero-order valence-corrected chi connectivity index (χ0v) is 11.6. The van der Waals surface area contributed by atoms with Crippen molar-refractivity contribution in [1.82, 2.24) is 0 Å². The number of methoxy groups -OCH3 is 1. The van der Waals surface area contributed by atoms with Crippen molar-refractivity contribution in [3.8, 4) is 0 Å². The third-order valence-corrected chi connectivity index (χ3v) is 4.06. The van der Waals surface area contributed by atoms with Crippen molar-refractivity contribution in [2.45, 2.75) is 31.0 Å². The van der Waals surface area contributed by atoms with Crippen LogP contribution in [-0.2, 0) is 15.9 Å². The third-order valence-electron chi connectivity index (χ3n) is 3.77. The van der Waals surface area contributed by atoms with Crippen molar-refractivity contribution in [2.24, 2.45) is 0 Å². The number of hydrogen-bond acceptors (Lipinski definition) is 3. The summed E-state index contributed by atoms with van der Waals surface area (Å²) in [6.45, 7) is 1.16. The summed E-state index contributed by atoms with van der Waals surface area (Å²) in [4.78, 5) is 0. The second-order valence-electron chi connectivity index (χ2n) is 4.85. The van der Waals surface area contributed by atoms with Gasteiger partial charge < -0.3 is 14.6 Å². The molecule has 1 saturated heterocycles. The molecule has 1 aromatic carbocycles. The normalized spacial score (nSPS) is 20.2. The molecule has 1 unspecified atom stereocenters. The van der Waals surface area contributed by atoms with Crippen molar-refractivity contribution < 1.29 is 19.0 Å². The highest BCUT2D eigenvalue weighted by Gasteiger charge is 2.39. The van der Waals surface area contributed by atoms with Gasteiger partial charge in [-0.3, -0.25) is 0 Å². The number of halogens is 2.